The summed E-state index contributed by atoms with van der Waals surface area (Å²) in [5, 5.41) is 6.57. The van der Waals surface area contributed by atoms with E-state index >= 15 is 0 Å². The highest BCUT2D eigenvalue weighted by Crippen LogP contribution is 2.07. The smallest absolute Gasteiger partial charge is 0.191 e. The van der Waals surface area contributed by atoms with Crippen LogP contribution in [0.4, 0.5) is 5.82 Å². The van der Waals surface area contributed by atoms with Crippen molar-refractivity contribution in [3.8, 4) is 0 Å². The molecule has 0 spiro atoms. The Morgan fingerprint density at radius 1 is 1.00 bits per heavy atom. The number of nitrogens with zero attached hydrogens (tertiary/aromatic N) is 3. The third-order valence-corrected chi connectivity index (χ3v) is 3.21. The van der Waals surface area contributed by atoms with Crippen molar-refractivity contribution >= 4 is 11.8 Å². The molecule has 2 rings (SSSR count). The minimum Gasteiger partial charge on any atom is -0.363 e. The second kappa shape index (κ2) is 8.02. The Hall–Kier alpha value is -2.56. The molecule has 0 aliphatic heterocycles. The molecular formula is C17H23N5. The Morgan fingerprint density at radius 2 is 1.73 bits per heavy atom. The summed E-state index contributed by atoms with van der Waals surface area (Å²) in [6, 6.07) is 16.3. The van der Waals surface area contributed by atoms with E-state index in [0.717, 1.165) is 24.0 Å². The topological polar surface area (TPSA) is 52.6 Å². The molecular weight excluding hydrogens is 274 g/mol. The fraction of sp³-hybridized carbons (Fsp3) is 0.294. The van der Waals surface area contributed by atoms with E-state index in [1.165, 1.54) is 5.56 Å². The summed E-state index contributed by atoms with van der Waals surface area (Å²) in [5.41, 5.74) is 2.20. The van der Waals surface area contributed by atoms with Gasteiger partial charge in [0.05, 0.1) is 12.2 Å². The number of rotatable bonds is 5. The molecule has 1 heterocycles. The molecule has 0 amide bonds. The van der Waals surface area contributed by atoms with Gasteiger partial charge in [0.15, 0.2) is 5.96 Å². The molecule has 0 radical (unpaired) electrons. The molecule has 116 valence electrons. The largest absolute Gasteiger partial charge is 0.363 e. The van der Waals surface area contributed by atoms with Crippen molar-refractivity contribution in [2.75, 3.05) is 26.0 Å². The summed E-state index contributed by atoms with van der Waals surface area (Å²) >= 11 is 0. The summed E-state index contributed by atoms with van der Waals surface area (Å²) < 4.78 is 0. The van der Waals surface area contributed by atoms with E-state index in [1.807, 2.05) is 55.4 Å². The number of benzene rings is 1. The van der Waals surface area contributed by atoms with Crippen LogP contribution in [0.25, 0.3) is 0 Å². The van der Waals surface area contributed by atoms with Crippen LogP contribution in [0.1, 0.15) is 11.3 Å². The van der Waals surface area contributed by atoms with Crippen molar-refractivity contribution in [3.63, 3.8) is 0 Å². The molecule has 0 saturated heterocycles. The van der Waals surface area contributed by atoms with E-state index in [1.54, 1.807) is 7.05 Å². The molecule has 2 N–H and O–H groups in total. The first-order valence-corrected chi connectivity index (χ1v) is 7.30. The fourth-order valence-corrected chi connectivity index (χ4v) is 1.99. The Morgan fingerprint density at radius 3 is 2.41 bits per heavy atom. The van der Waals surface area contributed by atoms with Gasteiger partial charge in [-0.25, -0.2) is 4.98 Å². The van der Waals surface area contributed by atoms with Gasteiger partial charge in [-0.2, -0.15) is 0 Å². The van der Waals surface area contributed by atoms with Gasteiger partial charge in [0.25, 0.3) is 0 Å². The first kappa shape index (κ1) is 15.8. The second-order valence-electron chi connectivity index (χ2n) is 5.15. The van der Waals surface area contributed by atoms with Crippen LogP contribution in [-0.4, -0.2) is 32.1 Å². The highest BCUT2D eigenvalue weighted by Gasteiger charge is 2.02. The number of guanidine groups is 1. The lowest BCUT2D eigenvalue weighted by Crippen LogP contribution is -2.36. The summed E-state index contributed by atoms with van der Waals surface area (Å²) in [6.45, 7) is 1.38. The van der Waals surface area contributed by atoms with Crippen LogP contribution in [0.5, 0.6) is 0 Å². The zero-order valence-corrected chi connectivity index (χ0v) is 13.4. The van der Waals surface area contributed by atoms with Gasteiger partial charge in [-0.3, -0.25) is 4.99 Å². The average molecular weight is 297 g/mol. The Bertz CT molecular complexity index is 607. The van der Waals surface area contributed by atoms with Crippen molar-refractivity contribution in [2.24, 2.45) is 4.99 Å². The molecule has 0 aliphatic carbocycles. The number of aromatic nitrogens is 1. The van der Waals surface area contributed by atoms with E-state index in [-0.39, 0.29) is 0 Å². The fourth-order valence-electron chi connectivity index (χ4n) is 1.99. The Kier molecular flexibility index (Phi) is 5.77. The molecule has 5 heteroatoms. The summed E-state index contributed by atoms with van der Waals surface area (Å²) in [7, 11) is 5.74. The van der Waals surface area contributed by atoms with Crippen LogP contribution in [0.2, 0.25) is 0 Å². The SMILES string of the molecule is CN=C(NCc1ccccc1)NCc1cccc(N(C)C)n1. The van der Waals surface area contributed by atoms with Crippen LogP contribution in [0.3, 0.4) is 0 Å². The lowest BCUT2D eigenvalue weighted by atomic mass is 10.2. The van der Waals surface area contributed by atoms with Gasteiger partial charge in [-0.15, -0.1) is 0 Å². The number of pyridine rings is 1. The van der Waals surface area contributed by atoms with Crippen LogP contribution >= 0.6 is 0 Å². The van der Waals surface area contributed by atoms with Crippen LogP contribution < -0.4 is 15.5 Å². The van der Waals surface area contributed by atoms with Gasteiger partial charge in [0.2, 0.25) is 0 Å². The summed E-state index contributed by atoms with van der Waals surface area (Å²) in [4.78, 5) is 10.8. The maximum Gasteiger partial charge on any atom is 0.191 e. The monoisotopic (exact) mass is 297 g/mol. The minimum atomic E-state index is 0.635. The summed E-state index contributed by atoms with van der Waals surface area (Å²) in [5.74, 6) is 1.72. The number of nitrogens with one attached hydrogen (secondary N) is 2. The van der Waals surface area contributed by atoms with Crippen LogP contribution in [-0.2, 0) is 13.1 Å². The molecule has 0 aliphatic rings. The average Bonchev–Trinajstić information content (AvgIpc) is 2.56. The first-order valence-electron chi connectivity index (χ1n) is 7.30. The van der Waals surface area contributed by atoms with Gasteiger partial charge < -0.3 is 15.5 Å². The van der Waals surface area contributed by atoms with Crippen molar-refractivity contribution in [2.45, 2.75) is 13.1 Å². The van der Waals surface area contributed by atoms with Gasteiger partial charge in [-0.05, 0) is 17.7 Å². The second-order valence-corrected chi connectivity index (χ2v) is 5.15. The van der Waals surface area contributed by atoms with E-state index in [2.05, 4.69) is 32.7 Å². The zero-order valence-electron chi connectivity index (χ0n) is 13.4. The number of anilines is 1. The quantitative estimate of drug-likeness (QED) is 0.655. The molecule has 0 fully saturated rings. The highest BCUT2D eigenvalue weighted by molar-refractivity contribution is 5.79. The molecule has 0 bridgehead atoms. The number of aliphatic imine (C=N–C) groups is 1. The third kappa shape index (κ3) is 4.77. The first-order chi connectivity index (χ1) is 10.7. The predicted molar refractivity (Wildman–Crippen MR) is 92.0 cm³/mol. The molecule has 0 unspecified atom stereocenters. The normalized spacial score (nSPS) is 11.1. The molecule has 1 aromatic carbocycles. The maximum absolute atomic E-state index is 4.58. The van der Waals surface area contributed by atoms with Crippen LogP contribution in [0, 0.1) is 0 Å². The highest BCUT2D eigenvalue weighted by atomic mass is 15.2. The Labute approximate surface area is 132 Å². The molecule has 2 aromatic rings. The molecule has 5 nitrogen and oxygen atoms in total. The molecule has 0 saturated carbocycles. The Balaban J connectivity index is 1.87. The van der Waals surface area contributed by atoms with Gasteiger partial charge in [-0.1, -0.05) is 36.4 Å². The number of hydrogen-bond donors (Lipinski definition) is 2. The van der Waals surface area contributed by atoms with E-state index in [9.17, 15) is 0 Å². The molecule has 1 aromatic heterocycles. The molecule has 22 heavy (non-hydrogen) atoms. The van der Waals surface area contributed by atoms with Crippen molar-refractivity contribution in [3.05, 3.63) is 59.8 Å². The number of hydrogen-bond acceptors (Lipinski definition) is 3. The maximum atomic E-state index is 4.58. The standard InChI is InChI=1S/C17H23N5/c1-18-17(19-12-14-8-5-4-6-9-14)20-13-15-10-7-11-16(21-15)22(2)3/h4-11H,12-13H2,1-3H3,(H2,18,19,20). The minimum absolute atomic E-state index is 0.635. The van der Waals surface area contributed by atoms with Gasteiger partial charge in [0, 0.05) is 27.7 Å². The summed E-state index contributed by atoms with van der Waals surface area (Å²) in [6.07, 6.45) is 0. The van der Waals surface area contributed by atoms with Gasteiger partial charge >= 0.3 is 0 Å². The van der Waals surface area contributed by atoms with E-state index < -0.39 is 0 Å². The van der Waals surface area contributed by atoms with Crippen molar-refractivity contribution in [1.82, 2.24) is 15.6 Å². The van der Waals surface area contributed by atoms with E-state index in [0.29, 0.717) is 6.54 Å². The lowest BCUT2D eigenvalue weighted by molar-refractivity contribution is 0.793. The van der Waals surface area contributed by atoms with Crippen molar-refractivity contribution < 1.29 is 0 Å². The molecule has 0 atom stereocenters. The van der Waals surface area contributed by atoms with E-state index in [4.69, 9.17) is 0 Å². The lowest BCUT2D eigenvalue weighted by Gasteiger charge is -2.14. The zero-order chi connectivity index (χ0) is 15.8. The van der Waals surface area contributed by atoms with Gasteiger partial charge in [0.1, 0.15) is 5.82 Å². The van der Waals surface area contributed by atoms with Crippen LogP contribution in [0.15, 0.2) is 53.5 Å². The van der Waals surface area contributed by atoms with Crippen molar-refractivity contribution in [1.29, 1.82) is 0 Å². The third-order valence-electron chi connectivity index (χ3n) is 3.21. The predicted octanol–water partition coefficient (Wildman–Crippen LogP) is 2.01.